The van der Waals surface area contributed by atoms with Crippen molar-refractivity contribution in [3.8, 4) is 0 Å². The van der Waals surface area contributed by atoms with Crippen molar-refractivity contribution in [1.29, 1.82) is 0 Å². The van der Waals surface area contributed by atoms with Crippen molar-refractivity contribution in [2.24, 2.45) is 0 Å². The molecular weight excluding hydrogens is 216 g/mol. The lowest BCUT2D eigenvalue weighted by atomic mass is 10.1. The molecule has 0 aliphatic heterocycles. The second kappa shape index (κ2) is 5.51. The molecule has 0 saturated carbocycles. The molecule has 0 N–H and O–H groups in total. The van der Waals surface area contributed by atoms with Gasteiger partial charge in [-0.05, 0) is 6.92 Å². The van der Waals surface area contributed by atoms with Gasteiger partial charge in [-0.1, -0.05) is 29.8 Å². The first-order valence-electron chi connectivity index (χ1n) is 4.49. The number of ketones is 1. The number of Topliss-reactive ketones (excluding diaryl/α,β-unsaturated/α-hetero) is 1. The Morgan fingerprint density at radius 3 is 2.40 bits per heavy atom. The molecule has 1 aromatic carbocycles. The lowest BCUT2D eigenvalue weighted by molar-refractivity contribution is -0.137. The third kappa shape index (κ3) is 3.36. The van der Waals surface area contributed by atoms with Crippen LogP contribution in [0.5, 0.6) is 0 Å². The summed E-state index contributed by atoms with van der Waals surface area (Å²) in [5, 5.41) is 0. The Labute approximate surface area is 93.0 Å². The molecule has 0 aliphatic rings. The monoisotopic (exact) mass is 226 g/mol. The topological polar surface area (TPSA) is 43.4 Å². The van der Waals surface area contributed by atoms with Crippen LogP contribution in [-0.2, 0) is 9.53 Å². The smallest absolute Gasteiger partial charge is 0.379 e. The number of carbonyl (C=O) groups excluding carboxylic acids is 2. The highest BCUT2D eigenvalue weighted by molar-refractivity contribution is 6.40. The zero-order valence-electron chi connectivity index (χ0n) is 8.33. The number of carbonyl (C=O) groups is 2. The Balaban J connectivity index is 2.68. The zero-order chi connectivity index (χ0) is 11.3. The molecule has 0 atom stereocenters. The Kier molecular flexibility index (Phi) is 4.31. The molecule has 0 aliphatic carbocycles. The number of esters is 1. The molecule has 0 bridgehead atoms. The summed E-state index contributed by atoms with van der Waals surface area (Å²) >= 11 is 5.33. The number of ether oxygens (including phenoxy) is 1. The van der Waals surface area contributed by atoms with E-state index in [1.807, 2.05) is 6.92 Å². The van der Waals surface area contributed by atoms with Crippen molar-refractivity contribution in [1.82, 2.24) is 0 Å². The van der Waals surface area contributed by atoms with E-state index in [0.29, 0.717) is 5.56 Å². The van der Waals surface area contributed by atoms with Crippen molar-refractivity contribution in [2.45, 2.75) is 6.92 Å². The van der Waals surface area contributed by atoms with Crippen LogP contribution in [0.15, 0.2) is 24.3 Å². The summed E-state index contributed by atoms with van der Waals surface area (Å²) in [6.45, 7) is 1.96. The fourth-order valence-electron chi connectivity index (χ4n) is 1.02. The number of rotatable bonds is 4. The molecule has 0 aromatic heterocycles. The molecule has 15 heavy (non-hydrogen) atoms. The maximum absolute atomic E-state index is 11.4. The van der Waals surface area contributed by atoms with Crippen molar-refractivity contribution >= 4 is 23.4 Å². The van der Waals surface area contributed by atoms with Crippen LogP contribution >= 0.6 is 11.6 Å². The number of hydrogen-bond donors (Lipinski definition) is 0. The quantitative estimate of drug-likeness (QED) is 0.341. The number of alkyl halides is 1. The standard InChI is InChI=1S/C11H11ClO3/c1-8-2-4-9(5-3-8)10(13)11(14)15-7-6-12/h2-5H,6-7H2,1H3. The maximum Gasteiger partial charge on any atom is 0.379 e. The molecule has 1 aromatic rings. The van der Waals surface area contributed by atoms with Gasteiger partial charge >= 0.3 is 5.97 Å². The Bertz CT molecular complexity index is 357. The van der Waals surface area contributed by atoms with Gasteiger partial charge in [0.2, 0.25) is 0 Å². The van der Waals surface area contributed by atoms with Gasteiger partial charge in [-0.3, -0.25) is 4.79 Å². The zero-order valence-corrected chi connectivity index (χ0v) is 9.08. The van der Waals surface area contributed by atoms with Gasteiger partial charge in [-0.25, -0.2) is 4.79 Å². The van der Waals surface area contributed by atoms with E-state index >= 15 is 0 Å². The third-order valence-electron chi connectivity index (χ3n) is 1.81. The first-order chi connectivity index (χ1) is 7.15. The molecule has 80 valence electrons. The third-order valence-corrected chi connectivity index (χ3v) is 1.96. The second-order valence-corrected chi connectivity index (χ2v) is 3.40. The summed E-state index contributed by atoms with van der Waals surface area (Å²) < 4.78 is 4.62. The van der Waals surface area contributed by atoms with Crippen LogP contribution in [0, 0.1) is 6.92 Å². The summed E-state index contributed by atoms with van der Waals surface area (Å²) in [7, 11) is 0. The summed E-state index contributed by atoms with van der Waals surface area (Å²) in [5.41, 5.74) is 1.36. The first kappa shape index (κ1) is 11.7. The molecule has 0 fully saturated rings. The maximum atomic E-state index is 11.4. The van der Waals surface area contributed by atoms with Crippen molar-refractivity contribution in [2.75, 3.05) is 12.5 Å². The van der Waals surface area contributed by atoms with Gasteiger partial charge in [0.05, 0.1) is 5.88 Å². The van der Waals surface area contributed by atoms with Gasteiger partial charge in [0.15, 0.2) is 0 Å². The summed E-state index contributed by atoms with van der Waals surface area (Å²) in [6.07, 6.45) is 0. The Hall–Kier alpha value is -1.35. The molecular formula is C11H11ClO3. The lowest BCUT2D eigenvalue weighted by Gasteiger charge is -2.01. The van der Waals surface area contributed by atoms with Crippen LogP contribution in [0.4, 0.5) is 0 Å². The molecule has 1 rings (SSSR count). The molecule has 0 spiro atoms. The SMILES string of the molecule is Cc1ccc(C(=O)C(=O)OCCCl)cc1. The van der Waals surface area contributed by atoms with E-state index in [9.17, 15) is 9.59 Å². The normalized spacial score (nSPS) is 9.73. The number of benzene rings is 1. The van der Waals surface area contributed by atoms with Gasteiger partial charge < -0.3 is 4.74 Å². The summed E-state index contributed by atoms with van der Waals surface area (Å²) in [5.74, 6) is -1.31. The molecule has 0 saturated heterocycles. The molecule has 0 radical (unpaired) electrons. The molecule has 0 heterocycles. The summed E-state index contributed by atoms with van der Waals surface area (Å²) in [4.78, 5) is 22.6. The van der Waals surface area contributed by atoms with E-state index < -0.39 is 11.8 Å². The number of hydrogen-bond acceptors (Lipinski definition) is 3. The predicted octanol–water partition coefficient (Wildman–Crippen LogP) is 1.96. The average molecular weight is 227 g/mol. The fraction of sp³-hybridized carbons (Fsp3) is 0.273. The first-order valence-corrected chi connectivity index (χ1v) is 5.02. The van der Waals surface area contributed by atoms with E-state index in [1.165, 1.54) is 0 Å². The van der Waals surface area contributed by atoms with Gasteiger partial charge in [-0.2, -0.15) is 0 Å². The number of halogens is 1. The van der Waals surface area contributed by atoms with E-state index in [4.69, 9.17) is 11.6 Å². The van der Waals surface area contributed by atoms with Crippen molar-refractivity contribution in [3.05, 3.63) is 35.4 Å². The fourth-order valence-corrected chi connectivity index (χ4v) is 1.10. The lowest BCUT2D eigenvalue weighted by Crippen LogP contribution is -2.18. The summed E-state index contributed by atoms with van der Waals surface area (Å²) in [6, 6.07) is 6.73. The second-order valence-electron chi connectivity index (χ2n) is 3.02. The van der Waals surface area contributed by atoms with Gasteiger partial charge in [0.1, 0.15) is 6.61 Å². The van der Waals surface area contributed by atoms with Crippen LogP contribution in [0.25, 0.3) is 0 Å². The van der Waals surface area contributed by atoms with Crippen molar-refractivity contribution < 1.29 is 14.3 Å². The van der Waals surface area contributed by atoms with Crippen molar-refractivity contribution in [3.63, 3.8) is 0 Å². The minimum absolute atomic E-state index is 0.0536. The highest BCUT2D eigenvalue weighted by atomic mass is 35.5. The van der Waals surface area contributed by atoms with Gasteiger partial charge in [0, 0.05) is 5.56 Å². The largest absolute Gasteiger partial charge is 0.458 e. The Morgan fingerprint density at radius 1 is 1.27 bits per heavy atom. The highest BCUT2D eigenvalue weighted by Crippen LogP contribution is 2.05. The molecule has 0 amide bonds. The van der Waals surface area contributed by atoms with Crippen LogP contribution in [0.2, 0.25) is 0 Å². The molecule has 3 nitrogen and oxygen atoms in total. The minimum Gasteiger partial charge on any atom is -0.458 e. The van der Waals surface area contributed by atoms with Gasteiger partial charge in [0.25, 0.3) is 5.78 Å². The van der Waals surface area contributed by atoms with Gasteiger partial charge in [-0.15, -0.1) is 11.6 Å². The number of aryl methyl sites for hydroxylation is 1. The molecule has 0 unspecified atom stereocenters. The Morgan fingerprint density at radius 2 is 1.87 bits per heavy atom. The average Bonchev–Trinajstić information content (AvgIpc) is 2.26. The van der Waals surface area contributed by atoms with Crippen LogP contribution < -0.4 is 0 Å². The van der Waals surface area contributed by atoms with E-state index in [0.717, 1.165) is 5.56 Å². The highest BCUT2D eigenvalue weighted by Gasteiger charge is 2.16. The van der Waals surface area contributed by atoms with Crippen LogP contribution in [0.1, 0.15) is 15.9 Å². The van der Waals surface area contributed by atoms with Crippen LogP contribution in [0.3, 0.4) is 0 Å². The van der Waals surface area contributed by atoms with E-state index in [-0.39, 0.29) is 12.5 Å². The van der Waals surface area contributed by atoms with Crippen LogP contribution in [-0.4, -0.2) is 24.2 Å². The molecule has 4 heteroatoms. The van der Waals surface area contributed by atoms with E-state index in [2.05, 4.69) is 4.74 Å². The van der Waals surface area contributed by atoms with E-state index in [1.54, 1.807) is 24.3 Å². The predicted molar refractivity (Wildman–Crippen MR) is 57.2 cm³/mol. The minimum atomic E-state index is -0.862.